The van der Waals surface area contributed by atoms with Crippen LogP contribution in [-0.2, 0) is 23.0 Å². The molecule has 0 radical (unpaired) electrons. The molecule has 21 heavy (non-hydrogen) atoms. The van der Waals surface area contributed by atoms with Crippen molar-refractivity contribution in [3.8, 4) is 5.75 Å². The normalized spacial score (nSPS) is 14.6. The summed E-state index contributed by atoms with van der Waals surface area (Å²) >= 11 is 3.51. The van der Waals surface area contributed by atoms with E-state index >= 15 is 0 Å². The van der Waals surface area contributed by atoms with Gasteiger partial charge in [0.05, 0.1) is 33.7 Å². The zero-order valence-electron chi connectivity index (χ0n) is 11.7. The highest BCUT2D eigenvalue weighted by atomic mass is 79.9. The highest BCUT2D eigenvalue weighted by Crippen LogP contribution is 2.35. The van der Waals surface area contributed by atoms with Gasteiger partial charge in [-0.15, -0.1) is 0 Å². The molecule has 1 atom stereocenters. The summed E-state index contributed by atoms with van der Waals surface area (Å²) in [7, 11) is -1.18. The molecule has 0 aliphatic carbocycles. The van der Waals surface area contributed by atoms with Gasteiger partial charge in [0.25, 0.3) is 0 Å². The van der Waals surface area contributed by atoms with Crippen molar-refractivity contribution in [3.63, 3.8) is 0 Å². The molecule has 0 saturated carbocycles. The second kappa shape index (κ2) is 5.81. The van der Waals surface area contributed by atoms with Crippen LogP contribution in [0.4, 0.5) is 5.69 Å². The molecule has 0 bridgehead atoms. The minimum absolute atomic E-state index is 0.412. The van der Waals surface area contributed by atoms with E-state index in [9.17, 15) is 4.21 Å². The van der Waals surface area contributed by atoms with Crippen LogP contribution in [0.1, 0.15) is 16.7 Å². The smallest absolute Gasteiger partial charge is 0.126 e. The maximum absolute atomic E-state index is 12.7. The van der Waals surface area contributed by atoms with Gasteiger partial charge in [-0.05, 0) is 36.2 Å². The monoisotopic (exact) mass is 365 g/mol. The maximum atomic E-state index is 12.7. The van der Waals surface area contributed by atoms with Gasteiger partial charge in [-0.25, -0.2) is 0 Å². The first-order valence-electron chi connectivity index (χ1n) is 6.74. The molecule has 3 rings (SSSR count). The number of anilines is 1. The Kier molecular flexibility index (Phi) is 4.04. The molecule has 2 aromatic rings. The summed E-state index contributed by atoms with van der Waals surface area (Å²) in [4.78, 5) is 0.696. The first-order valence-corrected chi connectivity index (χ1v) is 8.85. The standard InChI is InChI=1S/C16H16BrNO2S/c1-10-3-2-4-14(15(10)18)21(19)9-12-8-13(17)7-11-5-6-20-16(11)12/h2-4,7-8H,5-6,9,18H2,1H3. The number of para-hydroxylation sites is 1. The first kappa shape index (κ1) is 14.6. The molecule has 1 heterocycles. The molecular formula is C16H16BrNO2S. The van der Waals surface area contributed by atoms with E-state index in [-0.39, 0.29) is 0 Å². The van der Waals surface area contributed by atoms with Gasteiger partial charge in [-0.3, -0.25) is 4.21 Å². The Hall–Kier alpha value is -1.33. The van der Waals surface area contributed by atoms with Crippen molar-refractivity contribution < 1.29 is 8.95 Å². The van der Waals surface area contributed by atoms with Crippen LogP contribution in [0.5, 0.6) is 5.75 Å². The Morgan fingerprint density at radius 3 is 3.00 bits per heavy atom. The quantitative estimate of drug-likeness (QED) is 0.845. The third kappa shape index (κ3) is 2.85. The van der Waals surface area contributed by atoms with Crippen molar-refractivity contribution in [3.05, 3.63) is 51.5 Å². The number of aryl methyl sites for hydroxylation is 1. The molecule has 110 valence electrons. The fourth-order valence-electron chi connectivity index (χ4n) is 2.52. The topological polar surface area (TPSA) is 52.3 Å². The SMILES string of the molecule is Cc1cccc(S(=O)Cc2cc(Br)cc3c2OCC3)c1N. The van der Waals surface area contributed by atoms with E-state index in [0.717, 1.165) is 27.8 Å². The molecular weight excluding hydrogens is 350 g/mol. The van der Waals surface area contributed by atoms with Gasteiger partial charge in [-0.1, -0.05) is 28.1 Å². The van der Waals surface area contributed by atoms with Gasteiger partial charge in [0.15, 0.2) is 0 Å². The minimum Gasteiger partial charge on any atom is -0.493 e. The predicted octanol–water partition coefficient (Wildman–Crippen LogP) is 3.58. The van der Waals surface area contributed by atoms with Crippen LogP contribution in [-0.4, -0.2) is 10.8 Å². The van der Waals surface area contributed by atoms with E-state index in [1.165, 1.54) is 5.56 Å². The fraction of sp³-hybridized carbons (Fsp3) is 0.250. The van der Waals surface area contributed by atoms with Crippen LogP contribution < -0.4 is 10.5 Å². The van der Waals surface area contributed by atoms with Gasteiger partial charge in [0, 0.05) is 16.5 Å². The van der Waals surface area contributed by atoms with Gasteiger partial charge in [0.1, 0.15) is 5.75 Å². The Morgan fingerprint density at radius 1 is 1.38 bits per heavy atom. The molecule has 0 spiro atoms. The Morgan fingerprint density at radius 2 is 2.19 bits per heavy atom. The number of rotatable bonds is 3. The highest BCUT2D eigenvalue weighted by Gasteiger charge is 2.20. The van der Waals surface area contributed by atoms with E-state index in [1.807, 2.05) is 31.2 Å². The molecule has 1 aliphatic heterocycles. The molecule has 1 unspecified atom stereocenters. The lowest BCUT2D eigenvalue weighted by molar-refractivity contribution is 0.354. The second-order valence-electron chi connectivity index (χ2n) is 5.13. The molecule has 0 fully saturated rings. The summed E-state index contributed by atoms with van der Waals surface area (Å²) in [5.74, 6) is 1.30. The van der Waals surface area contributed by atoms with Gasteiger partial charge < -0.3 is 10.5 Å². The van der Waals surface area contributed by atoms with Crippen molar-refractivity contribution >= 4 is 32.4 Å². The molecule has 0 amide bonds. The van der Waals surface area contributed by atoms with Crippen LogP contribution in [0.15, 0.2) is 39.7 Å². The second-order valence-corrected chi connectivity index (χ2v) is 7.46. The van der Waals surface area contributed by atoms with Gasteiger partial charge in [0.2, 0.25) is 0 Å². The zero-order valence-corrected chi connectivity index (χ0v) is 14.1. The van der Waals surface area contributed by atoms with Crippen LogP contribution >= 0.6 is 15.9 Å². The third-order valence-electron chi connectivity index (χ3n) is 3.64. The molecule has 0 saturated heterocycles. The van der Waals surface area contributed by atoms with Crippen molar-refractivity contribution in [2.45, 2.75) is 24.0 Å². The van der Waals surface area contributed by atoms with E-state index in [0.29, 0.717) is 22.9 Å². The third-order valence-corrected chi connectivity index (χ3v) is 5.52. The number of hydrogen-bond donors (Lipinski definition) is 1. The van der Waals surface area contributed by atoms with Crippen molar-refractivity contribution in [1.29, 1.82) is 0 Å². The van der Waals surface area contributed by atoms with Crippen LogP contribution in [0, 0.1) is 6.92 Å². The van der Waals surface area contributed by atoms with E-state index < -0.39 is 10.8 Å². The van der Waals surface area contributed by atoms with Crippen LogP contribution in [0.25, 0.3) is 0 Å². The number of halogens is 1. The predicted molar refractivity (Wildman–Crippen MR) is 89.0 cm³/mol. The molecule has 2 N–H and O–H groups in total. The summed E-state index contributed by atoms with van der Waals surface area (Å²) < 4.78 is 19.3. The summed E-state index contributed by atoms with van der Waals surface area (Å²) in [6, 6.07) is 9.69. The maximum Gasteiger partial charge on any atom is 0.126 e. The van der Waals surface area contributed by atoms with Crippen LogP contribution in [0.2, 0.25) is 0 Å². The number of fused-ring (bicyclic) bond motifs is 1. The number of nitrogen functional groups attached to an aromatic ring is 1. The molecule has 3 nitrogen and oxygen atoms in total. The Bertz CT molecular complexity index is 730. The Balaban J connectivity index is 1.94. The molecule has 1 aliphatic rings. The van der Waals surface area contributed by atoms with Gasteiger partial charge >= 0.3 is 0 Å². The minimum atomic E-state index is -1.18. The van der Waals surface area contributed by atoms with Crippen molar-refractivity contribution in [2.75, 3.05) is 12.3 Å². The summed E-state index contributed by atoms with van der Waals surface area (Å²) in [5, 5.41) is 0. The summed E-state index contributed by atoms with van der Waals surface area (Å²) in [5.41, 5.74) is 9.76. The van der Waals surface area contributed by atoms with Crippen LogP contribution in [0.3, 0.4) is 0 Å². The average molecular weight is 366 g/mol. The van der Waals surface area contributed by atoms with E-state index in [4.69, 9.17) is 10.5 Å². The van der Waals surface area contributed by atoms with E-state index in [1.54, 1.807) is 0 Å². The van der Waals surface area contributed by atoms with Crippen molar-refractivity contribution in [1.82, 2.24) is 0 Å². The fourth-order valence-corrected chi connectivity index (χ4v) is 4.37. The zero-order chi connectivity index (χ0) is 15.0. The number of hydrogen-bond acceptors (Lipinski definition) is 3. The average Bonchev–Trinajstić information content (AvgIpc) is 2.90. The lowest BCUT2D eigenvalue weighted by Crippen LogP contribution is -2.03. The summed E-state index contributed by atoms with van der Waals surface area (Å²) in [6.45, 7) is 2.62. The number of ether oxygens (including phenoxy) is 1. The van der Waals surface area contributed by atoms with E-state index in [2.05, 4.69) is 22.0 Å². The lowest BCUT2D eigenvalue weighted by atomic mass is 10.1. The van der Waals surface area contributed by atoms with Gasteiger partial charge in [-0.2, -0.15) is 0 Å². The largest absolute Gasteiger partial charge is 0.493 e. The summed E-state index contributed by atoms with van der Waals surface area (Å²) in [6.07, 6.45) is 0.904. The highest BCUT2D eigenvalue weighted by molar-refractivity contribution is 9.10. The molecule has 2 aromatic carbocycles. The number of nitrogens with two attached hydrogens (primary N) is 1. The molecule has 5 heteroatoms. The Labute approximate surface area is 135 Å². The first-order chi connectivity index (χ1) is 10.1. The molecule has 0 aromatic heterocycles. The van der Waals surface area contributed by atoms with Crippen molar-refractivity contribution in [2.24, 2.45) is 0 Å². The number of benzene rings is 2. The lowest BCUT2D eigenvalue weighted by Gasteiger charge is -2.11.